The van der Waals surface area contributed by atoms with Crippen LogP contribution in [0.2, 0.25) is 0 Å². The molecule has 3 fully saturated rings. The Morgan fingerprint density at radius 3 is 1.85 bits per heavy atom. The number of nitrogens with zero attached hydrogens (tertiary/aromatic N) is 3. The molecule has 0 saturated carbocycles. The number of halogens is 3. The fourth-order valence-electron chi connectivity index (χ4n) is 2.64. The molecular weight excluding hydrogens is 469 g/mol. The summed E-state index contributed by atoms with van der Waals surface area (Å²) in [7, 11) is 0. The van der Waals surface area contributed by atoms with Gasteiger partial charge in [-0.15, -0.1) is 0 Å². The predicted octanol–water partition coefficient (Wildman–Crippen LogP) is -0.0348. The number of nitrogens with two attached hydrogens (primary N) is 1. The van der Waals surface area contributed by atoms with Crippen LogP contribution in [0, 0.1) is 0 Å². The van der Waals surface area contributed by atoms with E-state index in [1.807, 2.05) is 21.0 Å². The first-order valence-corrected chi connectivity index (χ1v) is 11.3. The van der Waals surface area contributed by atoms with E-state index in [0.717, 1.165) is 45.0 Å². The number of hydrogen-bond donors (Lipinski definition) is 3. The third kappa shape index (κ3) is 7.96. The molecule has 184 valence electrons. The predicted molar refractivity (Wildman–Crippen MR) is 112 cm³/mol. The topological polar surface area (TPSA) is 144 Å². The molecule has 0 spiro atoms. The zero-order valence-electron chi connectivity index (χ0n) is 17.8. The number of carboxylic acid groups (broad SMARTS) is 2. The second-order valence-electron chi connectivity index (χ2n) is 7.41. The molecule has 4 N–H and O–H groups in total. The monoisotopic (exact) mass is 494 g/mol. The quantitative estimate of drug-likeness (QED) is 0.324. The Labute approximate surface area is 191 Å². The van der Waals surface area contributed by atoms with Crippen molar-refractivity contribution in [3.63, 3.8) is 0 Å². The van der Waals surface area contributed by atoms with E-state index < -0.39 is 24.2 Å². The second kappa shape index (κ2) is 10.9. The Morgan fingerprint density at radius 1 is 1.03 bits per heavy atom. The molecule has 3 aliphatic heterocycles. The highest BCUT2D eigenvalue weighted by Crippen LogP contribution is 2.33. The minimum atomic E-state index is -5.08. The average molecular weight is 494 g/mol. The number of hydrogen-bond acceptors (Lipinski definition) is 9. The molecule has 1 unspecified atom stereocenters. The molecular formula is C19H25F3N4O6S. The van der Waals surface area contributed by atoms with Crippen LogP contribution in [-0.2, 0) is 19.2 Å². The van der Waals surface area contributed by atoms with Crippen LogP contribution in [0.3, 0.4) is 0 Å². The van der Waals surface area contributed by atoms with Gasteiger partial charge >= 0.3 is 18.1 Å². The molecule has 3 saturated heterocycles. The molecule has 0 aromatic heterocycles. The van der Waals surface area contributed by atoms with Crippen molar-refractivity contribution < 1.29 is 42.6 Å². The zero-order valence-corrected chi connectivity index (χ0v) is 18.6. The van der Waals surface area contributed by atoms with Gasteiger partial charge in [0.25, 0.3) is 0 Å². The molecule has 0 amide bonds. The molecule has 1 aliphatic carbocycles. The van der Waals surface area contributed by atoms with Gasteiger partial charge in [0.05, 0.1) is 5.70 Å². The van der Waals surface area contributed by atoms with Crippen LogP contribution in [0.4, 0.5) is 13.2 Å². The van der Waals surface area contributed by atoms with Gasteiger partial charge in [0.15, 0.2) is 0 Å². The van der Waals surface area contributed by atoms with Gasteiger partial charge in [0.1, 0.15) is 17.4 Å². The number of carboxylic acids is 2. The normalized spacial score (nSPS) is 19.7. The van der Waals surface area contributed by atoms with Crippen molar-refractivity contribution >= 4 is 35.3 Å². The number of rotatable bonds is 7. The molecule has 10 nitrogen and oxygen atoms in total. The number of Topliss-reactive ketones (excluding diaryl/α,β-unsaturated/α-hetero) is 1. The SMILES string of the molecule is CSCCC(N)C(=O)O.O=C(O)C(F)(F)F.O=C1C=C(N2CC2)C(=O)C(N2CC2)=C1N1CC1. The van der Waals surface area contributed by atoms with Crippen LogP contribution in [-0.4, -0.2) is 112 Å². The van der Waals surface area contributed by atoms with Crippen molar-refractivity contribution in [2.75, 3.05) is 51.3 Å². The molecule has 0 bridgehead atoms. The summed E-state index contributed by atoms with van der Waals surface area (Å²) in [6, 6.07) is -0.683. The van der Waals surface area contributed by atoms with Crippen molar-refractivity contribution in [2.45, 2.75) is 18.6 Å². The van der Waals surface area contributed by atoms with Gasteiger partial charge in [0.2, 0.25) is 11.6 Å². The maximum absolute atomic E-state index is 12.4. The van der Waals surface area contributed by atoms with Crippen molar-refractivity contribution in [3.8, 4) is 0 Å². The lowest BCUT2D eigenvalue weighted by Crippen LogP contribution is -2.30. The Hall–Kier alpha value is -2.74. The summed E-state index contributed by atoms with van der Waals surface area (Å²) in [6.07, 6.45) is -1.08. The van der Waals surface area contributed by atoms with E-state index in [2.05, 4.69) is 0 Å². The van der Waals surface area contributed by atoms with Gasteiger partial charge in [0, 0.05) is 45.3 Å². The lowest BCUT2D eigenvalue weighted by atomic mass is 10.0. The third-order valence-electron chi connectivity index (χ3n) is 4.68. The van der Waals surface area contributed by atoms with Crippen molar-refractivity contribution in [3.05, 3.63) is 23.2 Å². The van der Waals surface area contributed by atoms with Gasteiger partial charge in [-0.05, 0) is 18.4 Å². The van der Waals surface area contributed by atoms with Crippen LogP contribution >= 0.6 is 11.8 Å². The van der Waals surface area contributed by atoms with E-state index in [-0.39, 0.29) is 11.6 Å². The van der Waals surface area contributed by atoms with Crippen LogP contribution in [0.25, 0.3) is 0 Å². The fraction of sp³-hybridized carbons (Fsp3) is 0.579. The third-order valence-corrected chi connectivity index (χ3v) is 5.32. The summed E-state index contributed by atoms with van der Waals surface area (Å²) in [5, 5.41) is 15.4. The van der Waals surface area contributed by atoms with Gasteiger partial charge < -0.3 is 30.6 Å². The van der Waals surface area contributed by atoms with Crippen molar-refractivity contribution in [2.24, 2.45) is 5.73 Å². The van der Waals surface area contributed by atoms with E-state index in [0.29, 0.717) is 23.5 Å². The summed E-state index contributed by atoms with van der Waals surface area (Å²) in [5.41, 5.74) is 7.08. The molecule has 14 heteroatoms. The van der Waals surface area contributed by atoms with E-state index in [9.17, 15) is 27.6 Å². The largest absolute Gasteiger partial charge is 0.490 e. The first kappa shape index (κ1) is 26.5. The Kier molecular flexibility index (Phi) is 8.77. The van der Waals surface area contributed by atoms with Crippen LogP contribution in [0.1, 0.15) is 6.42 Å². The summed E-state index contributed by atoms with van der Waals surface area (Å²) in [5.74, 6) is -2.81. The van der Waals surface area contributed by atoms with Gasteiger partial charge in [-0.3, -0.25) is 14.4 Å². The molecule has 0 aromatic rings. The molecule has 4 aliphatic rings. The number of aliphatic carboxylic acids is 2. The first-order valence-electron chi connectivity index (χ1n) is 9.95. The minimum Gasteiger partial charge on any atom is -0.480 e. The number of carbonyl (C=O) groups excluding carboxylic acids is 2. The van der Waals surface area contributed by atoms with E-state index in [1.54, 1.807) is 11.8 Å². The molecule has 0 radical (unpaired) electrons. The number of carbonyl (C=O) groups is 4. The molecule has 0 aromatic carbocycles. The van der Waals surface area contributed by atoms with Crippen LogP contribution in [0.5, 0.6) is 0 Å². The summed E-state index contributed by atoms with van der Waals surface area (Å²) in [4.78, 5) is 49.4. The van der Waals surface area contributed by atoms with Crippen molar-refractivity contribution in [1.82, 2.24) is 14.7 Å². The van der Waals surface area contributed by atoms with Gasteiger partial charge in [-0.2, -0.15) is 24.9 Å². The molecule has 3 heterocycles. The zero-order chi connectivity index (χ0) is 24.9. The Balaban J connectivity index is 0.000000206. The molecule has 4 rings (SSSR count). The van der Waals surface area contributed by atoms with E-state index in [4.69, 9.17) is 20.7 Å². The summed E-state index contributed by atoms with van der Waals surface area (Å²) in [6.45, 7) is 5.41. The highest BCUT2D eigenvalue weighted by molar-refractivity contribution is 7.98. The lowest BCUT2D eigenvalue weighted by molar-refractivity contribution is -0.192. The Morgan fingerprint density at radius 2 is 1.48 bits per heavy atom. The minimum absolute atomic E-state index is 0.00546. The number of alkyl halides is 3. The Bertz CT molecular complexity index is 864. The number of thioether (sulfide) groups is 1. The number of allylic oxidation sites excluding steroid dienone is 1. The smallest absolute Gasteiger partial charge is 0.480 e. The first-order chi connectivity index (χ1) is 15.4. The highest BCUT2D eigenvalue weighted by Gasteiger charge is 2.43. The highest BCUT2D eigenvalue weighted by atomic mass is 32.2. The van der Waals surface area contributed by atoms with Crippen molar-refractivity contribution in [1.29, 1.82) is 0 Å². The van der Waals surface area contributed by atoms with Crippen LogP contribution < -0.4 is 5.73 Å². The lowest BCUT2D eigenvalue weighted by Gasteiger charge is -2.21. The van der Waals surface area contributed by atoms with Gasteiger partial charge in [-0.1, -0.05) is 0 Å². The summed E-state index contributed by atoms with van der Waals surface area (Å²) >= 11 is 1.60. The maximum Gasteiger partial charge on any atom is 0.490 e. The van der Waals surface area contributed by atoms with E-state index >= 15 is 0 Å². The van der Waals surface area contributed by atoms with E-state index in [1.165, 1.54) is 6.08 Å². The average Bonchev–Trinajstić information content (AvgIpc) is 3.55. The van der Waals surface area contributed by atoms with Crippen LogP contribution in [0.15, 0.2) is 23.2 Å². The second-order valence-corrected chi connectivity index (χ2v) is 8.40. The fourth-order valence-corrected chi connectivity index (χ4v) is 3.13. The standard InChI is InChI=1S/C12H13N3O2.C5H11NO2S.C2HF3O2/c16-9-7-8(13-1-2-13)12(17)11(15-5-6-15)10(9)14-3-4-14;1-9-3-2-4(6)5(7)8;3-2(4,5)1(6)7/h7H,1-6H2;4H,2-3,6H2,1H3,(H,7,8);(H,6,7). The number of ketones is 2. The summed E-state index contributed by atoms with van der Waals surface area (Å²) < 4.78 is 31.7. The maximum atomic E-state index is 12.4. The molecule has 1 atom stereocenters. The molecule has 33 heavy (non-hydrogen) atoms. The van der Waals surface area contributed by atoms with Gasteiger partial charge in [-0.25, -0.2) is 4.79 Å².